The minimum atomic E-state index is -0.428. The zero-order valence-corrected chi connectivity index (χ0v) is 11.8. The van der Waals surface area contributed by atoms with E-state index in [1.807, 2.05) is 0 Å². The lowest BCUT2D eigenvalue weighted by Crippen LogP contribution is -2.27. The maximum absolute atomic E-state index is 10.8. The smallest absolute Gasteiger partial charge is 0.269 e. The highest BCUT2D eigenvalue weighted by Crippen LogP contribution is 2.23. The van der Waals surface area contributed by atoms with Crippen molar-refractivity contribution in [2.75, 3.05) is 19.7 Å². The quantitative estimate of drug-likeness (QED) is 0.589. The summed E-state index contributed by atoms with van der Waals surface area (Å²) in [4.78, 5) is 12.4. The molecule has 0 bridgehead atoms. The number of aliphatic hydroxyl groups excluding tert-OH is 1. The highest BCUT2D eigenvalue weighted by Gasteiger charge is 2.12. The van der Waals surface area contributed by atoms with E-state index in [9.17, 15) is 10.1 Å². The van der Waals surface area contributed by atoms with Crippen molar-refractivity contribution in [1.82, 2.24) is 4.90 Å². The molecule has 0 unspecified atom stereocenters. The molecule has 0 atom stereocenters. The summed E-state index contributed by atoms with van der Waals surface area (Å²) < 4.78 is 0. The van der Waals surface area contributed by atoms with E-state index < -0.39 is 4.92 Å². The maximum atomic E-state index is 10.8. The molecule has 0 aromatic heterocycles. The van der Waals surface area contributed by atoms with Crippen LogP contribution < -0.4 is 0 Å². The number of hydrogen-bond acceptors (Lipinski definition) is 4. The van der Waals surface area contributed by atoms with Crippen molar-refractivity contribution in [3.05, 3.63) is 38.9 Å². The highest BCUT2D eigenvalue weighted by atomic mass is 35.5. The van der Waals surface area contributed by atoms with Crippen molar-refractivity contribution in [2.45, 2.75) is 26.3 Å². The molecule has 0 aliphatic heterocycles. The Labute approximate surface area is 117 Å². The molecule has 1 aromatic carbocycles. The largest absolute Gasteiger partial charge is 0.395 e. The first kappa shape index (κ1) is 15.9. The lowest BCUT2D eigenvalue weighted by Gasteiger charge is -2.21. The molecule has 0 aliphatic rings. The SMILES string of the molecule is CCCCN(CCO)Cc1cc([N+](=O)[O-])ccc1Cl. The van der Waals surface area contributed by atoms with Crippen molar-refractivity contribution in [1.29, 1.82) is 0 Å². The number of hydrogen-bond donors (Lipinski definition) is 1. The van der Waals surface area contributed by atoms with Crippen molar-refractivity contribution < 1.29 is 10.0 Å². The average Bonchev–Trinajstić information content (AvgIpc) is 2.38. The third-order valence-electron chi connectivity index (χ3n) is 2.88. The number of non-ortho nitro benzene ring substituents is 1. The molecule has 1 rings (SSSR count). The summed E-state index contributed by atoms with van der Waals surface area (Å²) in [5, 5.41) is 20.3. The molecule has 106 valence electrons. The van der Waals surface area contributed by atoms with Gasteiger partial charge in [-0.1, -0.05) is 24.9 Å². The molecule has 1 N–H and O–H groups in total. The molecule has 5 nitrogen and oxygen atoms in total. The Morgan fingerprint density at radius 3 is 2.74 bits per heavy atom. The molecule has 0 aliphatic carbocycles. The van der Waals surface area contributed by atoms with Crippen LogP contribution in [0.4, 0.5) is 5.69 Å². The Balaban J connectivity index is 2.81. The van der Waals surface area contributed by atoms with Gasteiger partial charge in [-0.15, -0.1) is 0 Å². The van der Waals surface area contributed by atoms with Crippen LogP contribution in [0.25, 0.3) is 0 Å². The Morgan fingerprint density at radius 1 is 1.42 bits per heavy atom. The van der Waals surface area contributed by atoms with Crippen LogP contribution in [0.15, 0.2) is 18.2 Å². The Hall–Kier alpha value is -1.17. The molecule has 19 heavy (non-hydrogen) atoms. The number of nitrogens with zero attached hydrogens (tertiary/aromatic N) is 2. The van der Waals surface area contributed by atoms with Crippen LogP contribution in [-0.2, 0) is 6.54 Å². The topological polar surface area (TPSA) is 66.6 Å². The number of halogens is 1. The second-order valence-corrected chi connectivity index (χ2v) is 4.79. The molecular weight excluding hydrogens is 268 g/mol. The van der Waals surface area contributed by atoms with E-state index in [1.165, 1.54) is 12.1 Å². The van der Waals surface area contributed by atoms with Gasteiger partial charge in [0.1, 0.15) is 0 Å². The van der Waals surface area contributed by atoms with Crippen LogP contribution in [0, 0.1) is 10.1 Å². The predicted molar refractivity (Wildman–Crippen MR) is 75.4 cm³/mol. The summed E-state index contributed by atoms with van der Waals surface area (Å²) in [5.74, 6) is 0. The van der Waals surface area contributed by atoms with Crippen molar-refractivity contribution in [3.63, 3.8) is 0 Å². The monoisotopic (exact) mass is 286 g/mol. The number of nitro groups is 1. The minimum absolute atomic E-state index is 0.0406. The first-order chi connectivity index (χ1) is 9.08. The third kappa shape index (κ3) is 5.14. The summed E-state index contributed by atoms with van der Waals surface area (Å²) in [6.07, 6.45) is 2.08. The van der Waals surface area contributed by atoms with E-state index in [1.54, 1.807) is 6.07 Å². The van der Waals surface area contributed by atoms with E-state index in [0.29, 0.717) is 18.1 Å². The molecule has 0 spiro atoms. The summed E-state index contributed by atoms with van der Waals surface area (Å²) in [7, 11) is 0. The minimum Gasteiger partial charge on any atom is -0.395 e. The first-order valence-electron chi connectivity index (χ1n) is 6.34. The number of rotatable bonds is 8. The standard InChI is InChI=1S/C13H19ClN2O3/c1-2-3-6-15(7-8-17)10-11-9-12(16(18)19)4-5-13(11)14/h4-5,9,17H,2-3,6-8,10H2,1H3. The average molecular weight is 287 g/mol. The van der Waals surface area contributed by atoms with Gasteiger partial charge in [-0.3, -0.25) is 15.0 Å². The zero-order chi connectivity index (χ0) is 14.3. The predicted octanol–water partition coefficient (Wildman–Crippen LogP) is 2.84. The highest BCUT2D eigenvalue weighted by molar-refractivity contribution is 6.31. The molecule has 0 heterocycles. The third-order valence-corrected chi connectivity index (χ3v) is 3.25. The Bertz CT molecular complexity index is 426. The van der Waals surface area contributed by atoms with Crippen LogP contribution in [0.2, 0.25) is 5.02 Å². The molecular formula is C13H19ClN2O3. The van der Waals surface area contributed by atoms with Gasteiger partial charge < -0.3 is 5.11 Å². The summed E-state index contributed by atoms with van der Waals surface area (Å²) in [5.41, 5.74) is 0.763. The fourth-order valence-corrected chi connectivity index (χ4v) is 2.01. The fourth-order valence-electron chi connectivity index (χ4n) is 1.83. The van der Waals surface area contributed by atoms with Crippen LogP contribution in [0.5, 0.6) is 0 Å². The van der Waals surface area contributed by atoms with Gasteiger partial charge in [0.05, 0.1) is 11.5 Å². The second-order valence-electron chi connectivity index (χ2n) is 4.39. The molecule has 0 amide bonds. The summed E-state index contributed by atoms with van der Waals surface area (Å²) >= 11 is 6.07. The zero-order valence-electron chi connectivity index (χ0n) is 11.0. The number of benzene rings is 1. The molecule has 1 aromatic rings. The van der Waals surface area contributed by atoms with Crippen LogP contribution in [0.1, 0.15) is 25.3 Å². The summed E-state index contributed by atoms with van der Waals surface area (Å²) in [6, 6.07) is 4.44. The van der Waals surface area contributed by atoms with E-state index in [-0.39, 0.29) is 12.3 Å². The Kier molecular flexibility index (Phi) is 6.77. The first-order valence-corrected chi connectivity index (χ1v) is 6.72. The van der Waals surface area contributed by atoms with Gasteiger partial charge in [0.25, 0.3) is 5.69 Å². The number of aliphatic hydroxyl groups is 1. The Morgan fingerprint density at radius 2 is 2.16 bits per heavy atom. The van der Waals surface area contributed by atoms with Crippen molar-refractivity contribution in [2.24, 2.45) is 0 Å². The van der Waals surface area contributed by atoms with Gasteiger partial charge >= 0.3 is 0 Å². The lowest BCUT2D eigenvalue weighted by atomic mass is 10.1. The van der Waals surface area contributed by atoms with Crippen molar-refractivity contribution in [3.8, 4) is 0 Å². The number of unbranched alkanes of at least 4 members (excludes halogenated alkanes) is 1. The van der Waals surface area contributed by atoms with E-state index in [0.717, 1.165) is 24.9 Å². The van der Waals surface area contributed by atoms with Gasteiger partial charge in [-0.2, -0.15) is 0 Å². The molecule has 0 fully saturated rings. The van der Waals surface area contributed by atoms with Gasteiger partial charge in [-0.05, 0) is 24.6 Å². The molecule has 6 heteroatoms. The van der Waals surface area contributed by atoms with Gasteiger partial charge in [0, 0.05) is 30.2 Å². The van der Waals surface area contributed by atoms with Crippen LogP contribution in [-0.4, -0.2) is 34.6 Å². The number of nitro benzene ring substituents is 1. The molecule has 0 saturated carbocycles. The maximum Gasteiger partial charge on any atom is 0.269 e. The molecule has 0 radical (unpaired) electrons. The van der Waals surface area contributed by atoms with Crippen LogP contribution >= 0.6 is 11.6 Å². The molecule has 0 saturated heterocycles. The van der Waals surface area contributed by atoms with E-state index in [2.05, 4.69) is 11.8 Å². The lowest BCUT2D eigenvalue weighted by molar-refractivity contribution is -0.384. The van der Waals surface area contributed by atoms with Gasteiger partial charge in [0.15, 0.2) is 0 Å². The normalized spacial score (nSPS) is 10.9. The van der Waals surface area contributed by atoms with Gasteiger partial charge in [-0.25, -0.2) is 0 Å². The van der Waals surface area contributed by atoms with E-state index in [4.69, 9.17) is 16.7 Å². The van der Waals surface area contributed by atoms with E-state index >= 15 is 0 Å². The van der Waals surface area contributed by atoms with Gasteiger partial charge in [0.2, 0.25) is 0 Å². The summed E-state index contributed by atoms with van der Waals surface area (Å²) in [6.45, 7) is 4.06. The van der Waals surface area contributed by atoms with Crippen LogP contribution in [0.3, 0.4) is 0 Å². The second kappa shape index (κ2) is 8.09. The fraction of sp³-hybridized carbons (Fsp3) is 0.538. The van der Waals surface area contributed by atoms with Crippen molar-refractivity contribution >= 4 is 17.3 Å².